The molecular weight excluding hydrogens is 361 g/mol. The summed E-state index contributed by atoms with van der Waals surface area (Å²) in [5, 5.41) is 0. The maximum Gasteiger partial charge on any atom is 0.167 e. The number of hydrogen-bond acceptors (Lipinski definition) is 1. The highest BCUT2D eigenvalue weighted by molar-refractivity contribution is 5.66. The van der Waals surface area contributed by atoms with Crippen LogP contribution in [-0.2, 0) is 11.2 Å². The van der Waals surface area contributed by atoms with Crippen LogP contribution in [0.4, 0.5) is 13.2 Å². The number of ether oxygens (including phenoxy) is 1. The van der Waals surface area contributed by atoms with Gasteiger partial charge in [0.1, 0.15) is 5.82 Å². The molecule has 4 heteroatoms. The van der Waals surface area contributed by atoms with Gasteiger partial charge in [-0.25, -0.2) is 13.2 Å². The van der Waals surface area contributed by atoms with Crippen molar-refractivity contribution < 1.29 is 17.9 Å². The van der Waals surface area contributed by atoms with Crippen LogP contribution < -0.4 is 0 Å². The van der Waals surface area contributed by atoms with Crippen LogP contribution in [0.1, 0.15) is 69.4 Å². The molecule has 152 valence electrons. The molecule has 1 aliphatic rings. The molecule has 1 nitrogen and oxygen atoms in total. The van der Waals surface area contributed by atoms with Crippen LogP contribution in [0.5, 0.6) is 0 Å². The van der Waals surface area contributed by atoms with E-state index in [-0.39, 0.29) is 17.0 Å². The minimum Gasteiger partial charge on any atom is -0.378 e. The standard InChI is InChI=1S/C24H29F3O/c1-3-5-6-7-19-11-8-18(15-28-19)17-10-12-20(22(25)14-17)21-13-9-16(4-2)23(26)24(21)27/h9-10,12-14,18-19H,3-8,11,15H2,1-2H3. The highest BCUT2D eigenvalue weighted by Crippen LogP contribution is 2.34. The average Bonchev–Trinajstić information content (AvgIpc) is 2.71. The highest BCUT2D eigenvalue weighted by atomic mass is 19.2. The van der Waals surface area contributed by atoms with Crippen LogP contribution in [0.15, 0.2) is 30.3 Å². The minimum atomic E-state index is -0.984. The molecule has 1 heterocycles. The molecule has 0 aliphatic carbocycles. The molecular formula is C24H29F3O. The molecule has 2 aromatic carbocycles. The van der Waals surface area contributed by atoms with Gasteiger partial charge in [-0.05, 0) is 42.9 Å². The molecule has 0 radical (unpaired) electrons. The molecule has 0 amide bonds. The molecule has 1 saturated heterocycles. The van der Waals surface area contributed by atoms with Crippen LogP contribution in [0.25, 0.3) is 11.1 Å². The highest BCUT2D eigenvalue weighted by Gasteiger charge is 2.24. The zero-order valence-electron chi connectivity index (χ0n) is 16.7. The first-order chi connectivity index (χ1) is 13.5. The second-order valence-corrected chi connectivity index (χ2v) is 7.72. The van der Waals surface area contributed by atoms with Crippen molar-refractivity contribution in [1.82, 2.24) is 0 Å². The van der Waals surface area contributed by atoms with Gasteiger partial charge in [-0.3, -0.25) is 0 Å². The summed E-state index contributed by atoms with van der Waals surface area (Å²) in [5.41, 5.74) is 1.22. The zero-order chi connectivity index (χ0) is 20.1. The molecule has 0 spiro atoms. The van der Waals surface area contributed by atoms with Gasteiger partial charge in [-0.2, -0.15) is 0 Å². The zero-order valence-corrected chi connectivity index (χ0v) is 16.7. The molecule has 3 rings (SSSR count). The summed E-state index contributed by atoms with van der Waals surface area (Å²) in [4.78, 5) is 0. The summed E-state index contributed by atoms with van der Waals surface area (Å²) in [6.45, 7) is 4.53. The van der Waals surface area contributed by atoms with Crippen molar-refractivity contribution in [3.63, 3.8) is 0 Å². The molecule has 0 bridgehead atoms. The Balaban J connectivity index is 1.71. The van der Waals surface area contributed by atoms with Crippen molar-refractivity contribution >= 4 is 0 Å². The fourth-order valence-corrected chi connectivity index (χ4v) is 3.99. The van der Waals surface area contributed by atoms with E-state index in [0.29, 0.717) is 24.7 Å². The first kappa shape index (κ1) is 20.9. The molecule has 1 fully saturated rings. The lowest BCUT2D eigenvalue weighted by Gasteiger charge is -2.29. The van der Waals surface area contributed by atoms with Crippen molar-refractivity contribution in [3.8, 4) is 11.1 Å². The van der Waals surface area contributed by atoms with Gasteiger partial charge < -0.3 is 4.74 Å². The summed E-state index contributed by atoms with van der Waals surface area (Å²) in [7, 11) is 0. The van der Waals surface area contributed by atoms with Gasteiger partial charge in [0.05, 0.1) is 12.7 Å². The van der Waals surface area contributed by atoms with E-state index in [0.717, 1.165) is 24.8 Å². The van der Waals surface area contributed by atoms with E-state index in [1.807, 2.05) is 6.07 Å². The smallest absolute Gasteiger partial charge is 0.167 e. The summed E-state index contributed by atoms with van der Waals surface area (Å²) in [6.07, 6.45) is 7.35. The Bertz CT molecular complexity index is 795. The quantitative estimate of drug-likeness (QED) is 0.455. The maximum atomic E-state index is 14.7. The summed E-state index contributed by atoms with van der Waals surface area (Å²) in [5.74, 6) is -2.25. The van der Waals surface area contributed by atoms with Gasteiger partial charge in [0.2, 0.25) is 0 Å². The molecule has 0 N–H and O–H groups in total. The Hall–Kier alpha value is -1.81. The molecule has 28 heavy (non-hydrogen) atoms. The normalized spacial score (nSPS) is 19.8. The number of rotatable bonds is 7. The molecule has 2 aromatic rings. The fourth-order valence-electron chi connectivity index (χ4n) is 3.99. The number of hydrogen-bond donors (Lipinski definition) is 0. The Morgan fingerprint density at radius 2 is 1.71 bits per heavy atom. The van der Waals surface area contributed by atoms with E-state index in [9.17, 15) is 13.2 Å². The van der Waals surface area contributed by atoms with E-state index >= 15 is 0 Å². The van der Waals surface area contributed by atoms with Gasteiger partial charge in [-0.1, -0.05) is 57.4 Å². The Labute approximate surface area is 165 Å². The van der Waals surface area contributed by atoms with Gasteiger partial charge in [0.25, 0.3) is 0 Å². The Morgan fingerprint density at radius 1 is 0.929 bits per heavy atom. The van der Waals surface area contributed by atoms with E-state index < -0.39 is 17.5 Å². The second-order valence-electron chi connectivity index (χ2n) is 7.72. The van der Waals surface area contributed by atoms with E-state index in [4.69, 9.17) is 4.74 Å². The SMILES string of the molecule is CCCCCC1CCC(c2ccc(-c3ccc(CC)c(F)c3F)c(F)c2)CO1. The van der Waals surface area contributed by atoms with Gasteiger partial charge in [0, 0.05) is 17.0 Å². The van der Waals surface area contributed by atoms with Crippen LogP contribution in [0, 0.1) is 17.5 Å². The monoisotopic (exact) mass is 390 g/mol. The topological polar surface area (TPSA) is 9.23 Å². The predicted octanol–water partition coefficient (Wildman–Crippen LogP) is 7.18. The van der Waals surface area contributed by atoms with Gasteiger partial charge in [0.15, 0.2) is 11.6 Å². The molecule has 0 saturated carbocycles. The lowest BCUT2D eigenvalue weighted by Crippen LogP contribution is -2.24. The number of benzene rings is 2. The second kappa shape index (κ2) is 9.60. The van der Waals surface area contributed by atoms with Crippen molar-refractivity contribution in [3.05, 3.63) is 58.9 Å². The van der Waals surface area contributed by atoms with Crippen molar-refractivity contribution in [1.29, 1.82) is 0 Å². The molecule has 1 aliphatic heterocycles. The predicted molar refractivity (Wildman–Crippen MR) is 107 cm³/mol. The third-order valence-corrected chi connectivity index (χ3v) is 5.80. The molecule has 2 atom stereocenters. The van der Waals surface area contributed by atoms with Crippen LogP contribution in [0.3, 0.4) is 0 Å². The molecule has 0 aromatic heterocycles. The number of aryl methyl sites for hydroxylation is 1. The fraction of sp³-hybridized carbons (Fsp3) is 0.500. The molecule has 2 unspecified atom stereocenters. The third-order valence-electron chi connectivity index (χ3n) is 5.80. The van der Waals surface area contributed by atoms with E-state index in [1.165, 1.54) is 37.5 Å². The van der Waals surface area contributed by atoms with Gasteiger partial charge >= 0.3 is 0 Å². The van der Waals surface area contributed by atoms with E-state index in [2.05, 4.69) is 6.92 Å². The van der Waals surface area contributed by atoms with Crippen molar-refractivity contribution in [2.75, 3.05) is 6.61 Å². The van der Waals surface area contributed by atoms with Crippen LogP contribution >= 0.6 is 0 Å². The Kier molecular flexibility index (Phi) is 7.17. The lowest BCUT2D eigenvalue weighted by molar-refractivity contribution is -0.00211. The van der Waals surface area contributed by atoms with Crippen LogP contribution in [0.2, 0.25) is 0 Å². The first-order valence-electron chi connectivity index (χ1n) is 10.4. The maximum absolute atomic E-state index is 14.7. The van der Waals surface area contributed by atoms with Crippen molar-refractivity contribution in [2.45, 2.75) is 70.8 Å². The minimum absolute atomic E-state index is 0.0327. The Morgan fingerprint density at radius 3 is 2.36 bits per heavy atom. The third kappa shape index (κ3) is 4.60. The number of halogens is 3. The summed E-state index contributed by atoms with van der Waals surface area (Å²) < 4.78 is 49.2. The summed E-state index contributed by atoms with van der Waals surface area (Å²) >= 11 is 0. The first-order valence-corrected chi connectivity index (χ1v) is 10.4. The van der Waals surface area contributed by atoms with E-state index in [1.54, 1.807) is 13.0 Å². The van der Waals surface area contributed by atoms with Crippen LogP contribution in [-0.4, -0.2) is 12.7 Å². The average molecular weight is 390 g/mol. The number of unbranched alkanes of at least 4 members (excludes halogenated alkanes) is 2. The summed E-state index contributed by atoms with van der Waals surface area (Å²) in [6, 6.07) is 7.80. The lowest BCUT2D eigenvalue weighted by atomic mass is 9.89. The van der Waals surface area contributed by atoms with Gasteiger partial charge in [-0.15, -0.1) is 0 Å². The largest absolute Gasteiger partial charge is 0.378 e. The van der Waals surface area contributed by atoms with Crippen molar-refractivity contribution in [2.24, 2.45) is 0 Å².